The summed E-state index contributed by atoms with van der Waals surface area (Å²) >= 11 is 0. The van der Waals surface area contributed by atoms with E-state index in [1.807, 2.05) is 33.8 Å². The second-order valence-corrected chi connectivity index (χ2v) is 7.50. The Morgan fingerprint density at radius 3 is 2.38 bits per heavy atom. The average Bonchev–Trinajstić information content (AvgIpc) is 2.65. The molecule has 0 aliphatic carbocycles. The zero-order valence-corrected chi connectivity index (χ0v) is 16.9. The molecule has 0 fully saturated rings. The van der Waals surface area contributed by atoms with Crippen molar-refractivity contribution in [2.75, 3.05) is 0 Å². The van der Waals surface area contributed by atoms with Crippen molar-refractivity contribution in [1.82, 2.24) is 10.3 Å². The van der Waals surface area contributed by atoms with Gasteiger partial charge in [0.25, 0.3) is 0 Å². The monoisotopic (exact) mass is 361 g/mol. The fourth-order valence-electron chi connectivity index (χ4n) is 3.00. The number of hydrogen-bond acceptors (Lipinski definition) is 4. The smallest absolute Gasteiger partial charge is 0.224 e. The molecule has 0 spiro atoms. The highest BCUT2D eigenvalue weighted by molar-refractivity contribution is 5.93. The molecule has 5 nitrogen and oxygen atoms in total. The molecular formula is C21H35N3O2. The van der Waals surface area contributed by atoms with Crippen molar-refractivity contribution in [2.24, 2.45) is 23.5 Å². The fraction of sp³-hybridized carbons (Fsp3) is 0.667. The summed E-state index contributed by atoms with van der Waals surface area (Å²) in [6.45, 7) is 10.2. The lowest BCUT2D eigenvalue weighted by Crippen LogP contribution is -2.47. The van der Waals surface area contributed by atoms with Crippen molar-refractivity contribution in [1.29, 1.82) is 0 Å². The summed E-state index contributed by atoms with van der Waals surface area (Å²) in [6.07, 6.45) is 5.29. The van der Waals surface area contributed by atoms with E-state index in [0.29, 0.717) is 5.69 Å². The minimum Gasteiger partial charge on any atom is -0.341 e. The predicted octanol–water partition coefficient (Wildman–Crippen LogP) is 3.64. The summed E-state index contributed by atoms with van der Waals surface area (Å²) in [7, 11) is 0. The molecule has 1 heterocycles. The number of aromatic nitrogens is 1. The molecule has 1 amide bonds. The number of nitrogens with two attached hydrogens (primary N) is 1. The zero-order chi connectivity index (χ0) is 19.7. The minimum atomic E-state index is -0.796. The normalized spacial score (nSPS) is 16.0. The number of carbonyl (C=O) groups is 2. The fourth-order valence-corrected chi connectivity index (χ4v) is 3.00. The van der Waals surface area contributed by atoms with Crippen molar-refractivity contribution in [3.05, 3.63) is 30.1 Å². The van der Waals surface area contributed by atoms with E-state index in [1.165, 1.54) is 0 Å². The Kier molecular flexibility index (Phi) is 9.49. The Morgan fingerprint density at radius 1 is 1.19 bits per heavy atom. The highest BCUT2D eigenvalue weighted by Crippen LogP contribution is 2.22. The summed E-state index contributed by atoms with van der Waals surface area (Å²) < 4.78 is 0. The maximum absolute atomic E-state index is 13.0. The molecule has 0 saturated carbocycles. The van der Waals surface area contributed by atoms with Crippen LogP contribution in [0.4, 0.5) is 0 Å². The Bertz CT molecular complexity index is 560. The lowest BCUT2D eigenvalue weighted by molar-refractivity contribution is -0.132. The number of pyridine rings is 1. The van der Waals surface area contributed by atoms with Gasteiger partial charge in [-0.05, 0) is 30.4 Å². The van der Waals surface area contributed by atoms with Crippen LogP contribution in [0.3, 0.4) is 0 Å². The number of nitrogens with zero attached hydrogens (tertiary/aromatic N) is 1. The van der Waals surface area contributed by atoms with Crippen molar-refractivity contribution < 1.29 is 9.59 Å². The Labute approximate surface area is 158 Å². The molecule has 0 aromatic carbocycles. The highest BCUT2D eigenvalue weighted by atomic mass is 16.2. The van der Waals surface area contributed by atoms with E-state index in [1.54, 1.807) is 18.3 Å². The Morgan fingerprint density at radius 2 is 1.88 bits per heavy atom. The zero-order valence-electron chi connectivity index (χ0n) is 16.9. The molecule has 0 saturated heterocycles. The molecule has 1 aromatic rings. The van der Waals surface area contributed by atoms with E-state index in [0.717, 1.165) is 25.7 Å². The van der Waals surface area contributed by atoms with E-state index in [-0.39, 0.29) is 29.4 Å². The molecule has 0 aliphatic rings. The van der Waals surface area contributed by atoms with E-state index < -0.39 is 12.1 Å². The number of carbonyl (C=O) groups excluding carboxylic acids is 2. The Hall–Kier alpha value is -1.75. The van der Waals surface area contributed by atoms with Crippen LogP contribution >= 0.6 is 0 Å². The summed E-state index contributed by atoms with van der Waals surface area (Å²) in [5, 5.41) is 2.95. The van der Waals surface area contributed by atoms with Crippen LogP contribution in [-0.2, 0) is 9.59 Å². The number of Topliss-reactive ketones (excluding diaryl/α,β-unsaturated/α-hetero) is 1. The summed E-state index contributed by atoms with van der Waals surface area (Å²) in [5.41, 5.74) is 6.72. The first-order valence-corrected chi connectivity index (χ1v) is 9.83. The van der Waals surface area contributed by atoms with Crippen LogP contribution in [0.2, 0.25) is 0 Å². The van der Waals surface area contributed by atoms with Crippen LogP contribution in [-0.4, -0.2) is 22.7 Å². The molecule has 1 aromatic heterocycles. The predicted molar refractivity (Wildman–Crippen MR) is 105 cm³/mol. The number of hydrogen-bond donors (Lipinski definition) is 2. The molecule has 3 N–H and O–H groups in total. The number of nitrogens with one attached hydrogen (secondary N) is 1. The summed E-state index contributed by atoms with van der Waals surface area (Å²) in [4.78, 5) is 30.2. The van der Waals surface area contributed by atoms with Gasteiger partial charge in [0.15, 0.2) is 5.78 Å². The lowest BCUT2D eigenvalue weighted by atomic mass is 9.88. The first kappa shape index (κ1) is 22.3. The first-order chi connectivity index (χ1) is 12.3. The van der Waals surface area contributed by atoms with Gasteiger partial charge >= 0.3 is 0 Å². The molecule has 26 heavy (non-hydrogen) atoms. The maximum atomic E-state index is 13.0. The van der Waals surface area contributed by atoms with Crippen LogP contribution in [0.1, 0.15) is 72.0 Å². The van der Waals surface area contributed by atoms with Gasteiger partial charge in [0.1, 0.15) is 6.04 Å². The van der Waals surface area contributed by atoms with Crippen LogP contribution in [0.15, 0.2) is 24.4 Å². The van der Waals surface area contributed by atoms with Crippen molar-refractivity contribution in [3.8, 4) is 0 Å². The molecule has 0 radical (unpaired) electrons. The first-order valence-electron chi connectivity index (χ1n) is 9.83. The van der Waals surface area contributed by atoms with Gasteiger partial charge in [-0.15, -0.1) is 0 Å². The van der Waals surface area contributed by atoms with E-state index in [4.69, 9.17) is 5.73 Å². The van der Waals surface area contributed by atoms with Crippen LogP contribution in [0, 0.1) is 17.8 Å². The van der Waals surface area contributed by atoms with Gasteiger partial charge in [-0.1, -0.05) is 59.9 Å². The van der Waals surface area contributed by atoms with E-state index in [2.05, 4.69) is 17.2 Å². The van der Waals surface area contributed by atoms with Crippen LogP contribution < -0.4 is 11.1 Å². The van der Waals surface area contributed by atoms with Crippen molar-refractivity contribution >= 4 is 11.7 Å². The molecule has 1 rings (SSSR count). The van der Waals surface area contributed by atoms with E-state index >= 15 is 0 Å². The number of rotatable bonds is 11. The van der Waals surface area contributed by atoms with Gasteiger partial charge in [-0.2, -0.15) is 0 Å². The van der Waals surface area contributed by atoms with Gasteiger partial charge in [0.2, 0.25) is 5.91 Å². The van der Waals surface area contributed by atoms with Crippen molar-refractivity contribution in [2.45, 2.75) is 72.4 Å². The van der Waals surface area contributed by atoms with Crippen molar-refractivity contribution in [3.63, 3.8) is 0 Å². The summed E-state index contributed by atoms with van der Waals surface area (Å²) in [5.74, 6) is -0.122. The van der Waals surface area contributed by atoms with Crippen LogP contribution in [0.25, 0.3) is 0 Å². The third-order valence-corrected chi connectivity index (χ3v) is 5.15. The molecule has 146 valence electrons. The molecule has 0 bridgehead atoms. The molecule has 0 aliphatic heterocycles. The standard InChI is InChI=1S/C21H35N3O2/c1-6-8-11-16(14(3)4)21(26)24-19(17-12-9-10-13-23-17)20(25)18(22)15(5)7-2/h9-10,12-16,18-19H,6-8,11,22H2,1-5H3,(H,24,26)/t15-,16+,18-,19?/m0/s1. The minimum absolute atomic E-state index is 0.0478. The second kappa shape index (κ2) is 11.1. The quantitative estimate of drug-likeness (QED) is 0.630. The lowest BCUT2D eigenvalue weighted by Gasteiger charge is -2.27. The van der Waals surface area contributed by atoms with E-state index in [9.17, 15) is 9.59 Å². The highest BCUT2D eigenvalue weighted by Gasteiger charge is 2.33. The van der Waals surface area contributed by atoms with Gasteiger partial charge < -0.3 is 11.1 Å². The molecule has 5 heteroatoms. The summed E-state index contributed by atoms with van der Waals surface area (Å²) in [6, 6.07) is 3.96. The molecular weight excluding hydrogens is 326 g/mol. The third kappa shape index (κ3) is 6.20. The molecule has 1 unspecified atom stereocenters. The van der Waals surface area contributed by atoms with Gasteiger partial charge in [-0.25, -0.2) is 0 Å². The third-order valence-electron chi connectivity index (χ3n) is 5.15. The maximum Gasteiger partial charge on any atom is 0.224 e. The number of amides is 1. The van der Waals surface area contributed by atoms with Gasteiger partial charge in [0.05, 0.1) is 11.7 Å². The largest absolute Gasteiger partial charge is 0.341 e. The van der Waals surface area contributed by atoms with Crippen LogP contribution in [0.5, 0.6) is 0 Å². The number of unbranched alkanes of at least 4 members (excludes halogenated alkanes) is 1. The SMILES string of the molecule is CCCC[C@@H](C(=O)NC(C(=O)[C@@H](N)[C@@H](C)CC)c1ccccn1)C(C)C. The second-order valence-electron chi connectivity index (χ2n) is 7.50. The number of ketones is 1. The Balaban J connectivity index is 3.05. The van der Waals surface area contributed by atoms with Gasteiger partial charge in [-0.3, -0.25) is 14.6 Å². The molecule has 4 atom stereocenters. The van der Waals surface area contributed by atoms with Gasteiger partial charge in [0, 0.05) is 12.1 Å². The average molecular weight is 362 g/mol. The topological polar surface area (TPSA) is 85.1 Å².